The number of nitrogens with zero attached hydrogens (tertiary/aromatic N) is 3. The predicted octanol–water partition coefficient (Wildman–Crippen LogP) is 4.78. The Morgan fingerprint density at radius 3 is 2.54 bits per heavy atom. The van der Waals surface area contributed by atoms with Crippen molar-refractivity contribution in [3.05, 3.63) is 63.9 Å². The van der Waals surface area contributed by atoms with E-state index in [0.29, 0.717) is 10.7 Å². The summed E-state index contributed by atoms with van der Waals surface area (Å²) in [5.41, 5.74) is 1.51. The Hall–Kier alpha value is -1.67. The SMILES string of the molecule is O=C(Nc1nnc(SCc2ccccc2)s1)c1cc(Cl)nc(Cl)c1. The van der Waals surface area contributed by atoms with Gasteiger partial charge in [-0.05, 0) is 17.7 Å². The molecule has 3 aromatic rings. The normalized spacial score (nSPS) is 10.6. The lowest BCUT2D eigenvalue weighted by Gasteiger charge is -2.02. The average Bonchev–Trinajstić information content (AvgIpc) is 3.00. The highest BCUT2D eigenvalue weighted by atomic mass is 35.5. The Morgan fingerprint density at radius 2 is 1.83 bits per heavy atom. The number of nitrogens with one attached hydrogen (secondary N) is 1. The van der Waals surface area contributed by atoms with Gasteiger partial charge < -0.3 is 0 Å². The molecule has 122 valence electrons. The van der Waals surface area contributed by atoms with Crippen molar-refractivity contribution in [1.29, 1.82) is 0 Å². The van der Waals surface area contributed by atoms with Crippen molar-refractivity contribution < 1.29 is 4.79 Å². The Morgan fingerprint density at radius 1 is 1.12 bits per heavy atom. The van der Waals surface area contributed by atoms with Gasteiger partial charge in [0.1, 0.15) is 10.3 Å². The molecule has 2 heterocycles. The molecule has 1 N–H and O–H groups in total. The van der Waals surface area contributed by atoms with Gasteiger partial charge in [0, 0.05) is 11.3 Å². The van der Waals surface area contributed by atoms with E-state index in [-0.39, 0.29) is 16.2 Å². The highest BCUT2D eigenvalue weighted by Crippen LogP contribution is 2.28. The zero-order valence-corrected chi connectivity index (χ0v) is 15.2. The molecule has 3 rings (SSSR count). The van der Waals surface area contributed by atoms with Crippen LogP contribution in [-0.2, 0) is 5.75 Å². The van der Waals surface area contributed by atoms with Crippen LogP contribution in [-0.4, -0.2) is 21.1 Å². The van der Waals surface area contributed by atoms with Crippen molar-refractivity contribution in [1.82, 2.24) is 15.2 Å². The first-order chi connectivity index (χ1) is 11.6. The van der Waals surface area contributed by atoms with E-state index >= 15 is 0 Å². The lowest BCUT2D eigenvalue weighted by atomic mass is 10.2. The van der Waals surface area contributed by atoms with Crippen molar-refractivity contribution in [2.24, 2.45) is 0 Å². The lowest BCUT2D eigenvalue weighted by molar-refractivity contribution is 0.102. The van der Waals surface area contributed by atoms with Crippen LogP contribution in [0.4, 0.5) is 5.13 Å². The molecule has 0 atom stereocenters. The number of amides is 1. The van der Waals surface area contributed by atoms with Crippen LogP contribution in [0.25, 0.3) is 0 Å². The number of anilines is 1. The molecule has 0 fully saturated rings. The average molecular weight is 397 g/mol. The monoisotopic (exact) mass is 396 g/mol. The summed E-state index contributed by atoms with van der Waals surface area (Å²) in [6.07, 6.45) is 0. The Balaban J connectivity index is 1.62. The lowest BCUT2D eigenvalue weighted by Crippen LogP contribution is -2.12. The van der Waals surface area contributed by atoms with Crippen molar-refractivity contribution >= 4 is 57.3 Å². The highest BCUT2D eigenvalue weighted by Gasteiger charge is 2.12. The van der Waals surface area contributed by atoms with Crippen LogP contribution < -0.4 is 5.32 Å². The van der Waals surface area contributed by atoms with Gasteiger partial charge in [0.2, 0.25) is 5.13 Å². The molecule has 24 heavy (non-hydrogen) atoms. The predicted molar refractivity (Wildman–Crippen MR) is 98.1 cm³/mol. The van der Waals surface area contributed by atoms with Crippen molar-refractivity contribution in [3.8, 4) is 0 Å². The summed E-state index contributed by atoms with van der Waals surface area (Å²) in [4.78, 5) is 16.0. The summed E-state index contributed by atoms with van der Waals surface area (Å²) in [5, 5.41) is 11.4. The summed E-state index contributed by atoms with van der Waals surface area (Å²) >= 11 is 14.5. The molecular weight excluding hydrogens is 387 g/mol. The fourth-order valence-electron chi connectivity index (χ4n) is 1.80. The number of rotatable bonds is 5. The Bertz CT molecular complexity index is 837. The number of halogens is 2. The molecule has 0 unspecified atom stereocenters. The molecule has 0 bridgehead atoms. The van der Waals surface area contributed by atoms with Gasteiger partial charge in [0.25, 0.3) is 5.91 Å². The summed E-state index contributed by atoms with van der Waals surface area (Å²) in [6, 6.07) is 12.9. The Labute approximate surface area is 156 Å². The van der Waals surface area contributed by atoms with Gasteiger partial charge in [-0.1, -0.05) is 76.6 Å². The molecule has 0 radical (unpaired) electrons. The van der Waals surface area contributed by atoms with Gasteiger partial charge in [0.05, 0.1) is 0 Å². The Kier molecular flexibility index (Phi) is 5.68. The summed E-state index contributed by atoms with van der Waals surface area (Å²) in [6.45, 7) is 0. The molecule has 0 spiro atoms. The summed E-state index contributed by atoms with van der Waals surface area (Å²) in [5.74, 6) is 0.427. The minimum atomic E-state index is -0.364. The van der Waals surface area contributed by atoms with E-state index in [1.54, 1.807) is 11.8 Å². The van der Waals surface area contributed by atoms with Gasteiger partial charge in [-0.3, -0.25) is 10.1 Å². The number of aromatic nitrogens is 3. The zero-order chi connectivity index (χ0) is 16.9. The van der Waals surface area contributed by atoms with Crippen LogP contribution in [0.15, 0.2) is 46.8 Å². The fraction of sp³-hybridized carbons (Fsp3) is 0.0667. The maximum absolute atomic E-state index is 12.2. The third-order valence-corrected chi connectivity index (χ3v) is 5.29. The standard InChI is InChI=1S/C15H10Cl2N4OS2/c16-11-6-10(7-12(17)18-11)13(22)19-14-20-21-15(24-14)23-8-9-4-2-1-3-5-9/h1-7H,8H2,(H,19,20,22). The maximum Gasteiger partial charge on any atom is 0.257 e. The van der Waals surface area contributed by atoms with Crippen molar-refractivity contribution in [3.63, 3.8) is 0 Å². The largest absolute Gasteiger partial charge is 0.296 e. The molecule has 0 aliphatic carbocycles. The molecule has 0 aliphatic heterocycles. The number of pyridine rings is 1. The number of hydrogen-bond acceptors (Lipinski definition) is 6. The second kappa shape index (κ2) is 7.94. The number of carbonyl (C=O) groups is 1. The molecule has 2 aromatic heterocycles. The highest BCUT2D eigenvalue weighted by molar-refractivity contribution is 8.00. The van der Waals surface area contributed by atoms with Crippen LogP contribution >= 0.6 is 46.3 Å². The number of thioether (sulfide) groups is 1. The van der Waals surface area contributed by atoms with Gasteiger partial charge in [-0.15, -0.1) is 10.2 Å². The number of benzene rings is 1. The minimum absolute atomic E-state index is 0.156. The first-order valence-electron chi connectivity index (χ1n) is 6.75. The van der Waals surface area contributed by atoms with Crippen LogP contribution in [0.2, 0.25) is 10.3 Å². The number of carbonyl (C=O) groups excluding carboxylic acids is 1. The molecule has 1 aromatic carbocycles. The second-order valence-corrected chi connectivity index (χ2v) is 7.58. The second-order valence-electron chi connectivity index (χ2n) is 4.60. The van der Waals surface area contributed by atoms with Crippen LogP contribution in [0.3, 0.4) is 0 Å². The first-order valence-corrected chi connectivity index (χ1v) is 9.30. The molecule has 1 amide bonds. The summed E-state index contributed by atoms with van der Waals surface area (Å²) in [7, 11) is 0. The van der Waals surface area contributed by atoms with Crippen LogP contribution in [0, 0.1) is 0 Å². The quantitative estimate of drug-likeness (QED) is 0.381. The van der Waals surface area contributed by atoms with Crippen molar-refractivity contribution in [2.45, 2.75) is 10.1 Å². The van der Waals surface area contributed by atoms with E-state index < -0.39 is 0 Å². The van der Waals surface area contributed by atoms with E-state index in [0.717, 1.165) is 10.1 Å². The third-order valence-electron chi connectivity index (χ3n) is 2.86. The van der Waals surface area contributed by atoms with E-state index in [1.165, 1.54) is 29.0 Å². The van der Waals surface area contributed by atoms with Gasteiger partial charge >= 0.3 is 0 Å². The molecular formula is C15H10Cl2N4OS2. The molecule has 5 nitrogen and oxygen atoms in total. The summed E-state index contributed by atoms with van der Waals surface area (Å²) < 4.78 is 0.778. The van der Waals surface area contributed by atoms with Crippen molar-refractivity contribution in [2.75, 3.05) is 5.32 Å². The minimum Gasteiger partial charge on any atom is -0.296 e. The number of hydrogen-bond donors (Lipinski definition) is 1. The van der Waals surface area contributed by atoms with E-state index in [1.807, 2.05) is 30.3 Å². The molecule has 0 saturated heterocycles. The maximum atomic E-state index is 12.2. The zero-order valence-electron chi connectivity index (χ0n) is 12.1. The van der Waals surface area contributed by atoms with E-state index in [9.17, 15) is 4.79 Å². The molecule has 0 aliphatic rings. The third kappa shape index (κ3) is 4.67. The first kappa shape index (κ1) is 17.2. The van der Waals surface area contributed by atoms with E-state index in [2.05, 4.69) is 20.5 Å². The van der Waals surface area contributed by atoms with E-state index in [4.69, 9.17) is 23.2 Å². The topological polar surface area (TPSA) is 67.8 Å². The molecule has 0 saturated carbocycles. The van der Waals surface area contributed by atoms with Gasteiger partial charge in [0.15, 0.2) is 4.34 Å². The van der Waals surface area contributed by atoms with Gasteiger partial charge in [-0.2, -0.15) is 0 Å². The van der Waals surface area contributed by atoms with Gasteiger partial charge in [-0.25, -0.2) is 4.98 Å². The van der Waals surface area contributed by atoms with Crippen LogP contribution in [0.1, 0.15) is 15.9 Å². The van der Waals surface area contributed by atoms with Crippen LogP contribution in [0.5, 0.6) is 0 Å². The fourth-order valence-corrected chi connectivity index (χ4v) is 3.97. The smallest absolute Gasteiger partial charge is 0.257 e. The molecule has 9 heteroatoms.